The van der Waals surface area contributed by atoms with Gasteiger partial charge in [0, 0.05) is 12.5 Å². The van der Waals surface area contributed by atoms with E-state index in [9.17, 15) is 4.39 Å². The van der Waals surface area contributed by atoms with Crippen molar-refractivity contribution in [2.75, 3.05) is 13.1 Å². The second-order valence-corrected chi connectivity index (χ2v) is 5.85. The Labute approximate surface area is 126 Å². The lowest BCUT2D eigenvalue weighted by Crippen LogP contribution is -2.34. The molecule has 1 aliphatic rings. The molecular weight excluding hydrogens is 261 g/mol. The lowest BCUT2D eigenvalue weighted by molar-refractivity contribution is 0.404. The maximum Gasteiger partial charge on any atom is 0.123 e. The second kappa shape index (κ2) is 6.40. The number of nitrogens with one attached hydrogen (secondary N) is 1. The molecule has 0 radical (unpaired) electrons. The van der Waals surface area contributed by atoms with Crippen LogP contribution in [-0.2, 0) is 6.42 Å². The predicted octanol–water partition coefficient (Wildman–Crippen LogP) is 4.25. The van der Waals surface area contributed by atoms with Gasteiger partial charge < -0.3 is 5.32 Å². The Kier molecular flexibility index (Phi) is 4.35. The molecule has 2 heteroatoms. The van der Waals surface area contributed by atoms with Crippen molar-refractivity contribution in [3.8, 4) is 0 Å². The third kappa shape index (κ3) is 3.16. The smallest absolute Gasteiger partial charge is 0.123 e. The van der Waals surface area contributed by atoms with E-state index >= 15 is 0 Å². The van der Waals surface area contributed by atoms with Crippen LogP contribution in [0.1, 0.15) is 41.9 Å². The number of benzene rings is 2. The van der Waals surface area contributed by atoms with E-state index in [0.717, 1.165) is 25.9 Å². The van der Waals surface area contributed by atoms with E-state index in [4.69, 9.17) is 0 Å². The molecule has 1 saturated heterocycles. The zero-order valence-electron chi connectivity index (χ0n) is 12.5. The third-order valence-corrected chi connectivity index (χ3v) is 4.60. The standard InChI is InChI=1S/C19H22FN/c1-2-14-3-5-15(6-4-14)18-11-12-21-13-19(18)16-7-9-17(20)10-8-16/h3-10,18-19,21H,2,11-13H2,1H3. The number of aryl methyl sites for hydroxylation is 1. The van der Waals surface area contributed by atoms with Gasteiger partial charge in [-0.3, -0.25) is 0 Å². The van der Waals surface area contributed by atoms with Gasteiger partial charge in [0.25, 0.3) is 0 Å². The molecule has 1 N–H and O–H groups in total. The fourth-order valence-corrected chi connectivity index (χ4v) is 3.32. The van der Waals surface area contributed by atoms with Crippen LogP contribution < -0.4 is 5.32 Å². The zero-order valence-corrected chi connectivity index (χ0v) is 12.5. The van der Waals surface area contributed by atoms with E-state index in [-0.39, 0.29) is 5.82 Å². The summed E-state index contributed by atoms with van der Waals surface area (Å²) >= 11 is 0. The maximum atomic E-state index is 13.1. The minimum Gasteiger partial charge on any atom is -0.316 e. The molecule has 0 bridgehead atoms. The van der Waals surface area contributed by atoms with E-state index in [2.05, 4.69) is 36.5 Å². The first-order valence-corrected chi connectivity index (χ1v) is 7.83. The molecule has 0 spiro atoms. The topological polar surface area (TPSA) is 12.0 Å². The molecule has 0 aliphatic carbocycles. The molecule has 1 fully saturated rings. The Morgan fingerprint density at radius 1 is 0.952 bits per heavy atom. The summed E-state index contributed by atoms with van der Waals surface area (Å²) in [5, 5.41) is 3.48. The SMILES string of the molecule is CCc1ccc(C2CCNCC2c2ccc(F)cc2)cc1. The van der Waals surface area contributed by atoms with Gasteiger partial charge >= 0.3 is 0 Å². The van der Waals surface area contributed by atoms with Gasteiger partial charge in [0.2, 0.25) is 0 Å². The van der Waals surface area contributed by atoms with Crippen LogP contribution in [0.3, 0.4) is 0 Å². The largest absolute Gasteiger partial charge is 0.316 e. The van der Waals surface area contributed by atoms with E-state index in [1.807, 2.05) is 12.1 Å². The molecule has 1 aliphatic heterocycles. The van der Waals surface area contributed by atoms with Crippen LogP contribution in [0.2, 0.25) is 0 Å². The van der Waals surface area contributed by atoms with Crippen LogP contribution in [0.25, 0.3) is 0 Å². The van der Waals surface area contributed by atoms with Crippen molar-refractivity contribution in [3.63, 3.8) is 0 Å². The Hall–Kier alpha value is -1.67. The van der Waals surface area contributed by atoms with Gasteiger partial charge in [0.05, 0.1) is 0 Å². The number of rotatable bonds is 3. The fraction of sp³-hybridized carbons (Fsp3) is 0.368. The molecule has 2 unspecified atom stereocenters. The number of halogens is 1. The quantitative estimate of drug-likeness (QED) is 0.888. The summed E-state index contributed by atoms with van der Waals surface area (Å²) in [4.78, 5) is 0. The van der Waals surface area contributed by atoms with E-state index < -0.39 is 0 Å². The first-order chi connectivity index (χ1) is 10.3. The lowest BCUT2D eigenvalue weighted by atomic mass is 9.77. The molecule has 110 valence electrons. The normalized spacial score (nSPS) is 22.2. The molecule has 2 atom stereocenters. The first-order valence-electron chi connectivity index (χ1n) is 7.83. The van der Waals surface area contributed by atoms with Gasteiger partial charge in [0.15, 0.2) is 0 Å². The molecule has 2 aromatic rings. The lowest BCUT2D eigenvalue weighted by Gasteiger charge is -2.33. The number of hydrogen-bond donors (Lipinski definition) is 1. The highest BCUT2D eigenvalue weighted by molar-refractivity contribution is 5.32. The molecule has 21 heavy (non-hydrogen) atoms. The number of hydrogen-bond acceptors (Lipinski definition) is 1. The van der Waals surface area contributed by atoms with Crippen molar-refractivity contribution in [3.05, 3.63) is 71.0 Å². The van der Waals surface area contributed by atoms with Gasteiger partial charge in [0.1, 0.15) is 5.82 Å². The maximum absolute atomic E-state index is 13.1. The van der Waals surface area contributed by atoms with E-state index in [1.165, 1.54) is 16.7 Å². The minimum absolute atomic E-state index is 0.161. The average Bonchev–Trinajstić information content (AvgIpc) is 2.56. The highest BCUT2D eigenvalue weighted by Gasteiger charge is 2.27. The van der Waals surface area contributed by atoms with Crippen LogP contribution in [0.5, 0.6) is 0 Å². The second-order valence-electron chi connectivity index (χ2n) is 5.85. The van der Waals surface area contributed by atoms with Gasteiger partial charge in [-0.2, -0.15) is 0 Å². The van der Waals surface area contributed by atoms with Crippen LogP contribution in [0, 0.1) is 5.82 Å². The monoisotopic (exact) mass is 283 g/mol. The van der Waals surface area contributed by atoms with E-state index in [1.54, 1.807) is 12.1 Å². The summed E-state index contributed by atoms with van der Waals surface area (Å²) < 4.78 is 13.1. The molecular formula is C19H22FN. The van der Waals surface area contributed by atoms with Crippen LogP contribution in [0.4, 0.5) is 4.39 Å². The van der Waals surface area contributed by atoms with Crippen LogP contribution in [-0.4, -0.2) is 13.1 Å². The highest BCUT2D eigenvalue weighted by Crippen LogP contribution is 2.37. The van der Waals surface area contributed by atoms with Gasteiger partial charge in [-0.1, -0.05) is 43.3 Å². The average molecular weight is 283 g/mol. The van der Waals surface area contributed by atoms with Crippen molar-refractivity contribution >= 4 is 0 Å². The van der Waals surface area contributed by atoms with Crippen LogP contribution >= 0.6 is 0 Å². The molecule has 2 aromatic carbocycles. The molecule has 1 heterocycles. The van der Waals surface area contributed by atoms with Crippen molar-refractivity contribution in [2.24, 2.45) is 0 Å². The Bertz CT molecular complexity index is 574. The summed E-state index contributed by atoms with van der Waals surface area (Å²) in [5.74, 6) is 0.779. The summed E-state index contributed by atoms with van der Waals surface area (Å²) in [7, 11) is 0. The zero-order chi connectivity index (χ0) is 14.7. The van der Waals surface area contributed by atoms with Gasteiger partial charge in [-0.15, -0.1) is 0 Å². The Balaban J connectivity index is 1.88. The summed E-state index contributed by atoms with van der Waals surface area (Å²) in [6.45, 7) is 4.20. The molecule has 1 nitrogen and oxygen atoms in total. The van der Waals surface area contributed by atoms with Crippen molar-refractivity contribution in [1.29, 1.82) is 0 Å². The van der Waals surface area contributed by atoms with Crippen LogP contribution in [0.15, 0.2) is 48.5 Å². The van der Waals surface area contributed by atoms with Crippen molar-refractivity contribution in [1.82, 2.24) is 5.32 Å². The highest BCUT2D eigenvalue weighted by atomic mass is 19.1. The van der Waals surface area contributed by atoms with Gasteiger partial charge in [-0.05, 0) is 54.1 Å². The predicted molar refractivity (Wildman–Crippen MR) is 85.2 cm³/mol. The summed E-state index contributed by atoms with van der Waals surface area (Å²) in [5.41, 5.74) is 4.02. The summed E-state index contributed by atoms with van der Waals surface area (Å²) in [6.07, 6.45) is 2.21. The first kappa shape index (κ1) is 14.3. The Morgan fingerprint density at radius 3 is 2.24 bits per heavy atom. The molecule has 0 saturated carbocycles. The van der Waals surface area contributed by atoms with Crippen molar-refractivity contribution in [2.45, 2.75) is 31.6 Å². The Morgan fingerprint density at radius 2 is 1.57 bits per heavy atom. The number of piperidine rings is 1. The molecule has 0 aromatic heterocycles. The fourth-order valence-electron chi connectivity index (χ4n) is 3.32. The third-order valence-electron chi connectivity index (χ3n) is 4.60. The molecule has 3 rings (SSSR count). The summed E-state index contributed by atoms with van der Waals surface area (Å²) in [6, 6.07) is 16.0. The molecule has 0 amide bonds. The minimum atomic E-state index is -0.161. The van der Waals surface area contributed by atoms with Crippen molar-refractivity contribution < 1.29 is 4.39 Å². The van der Waals surface area contributed by atoms with E-state index in [0.29, 0.717) is 11.8 Å². The van der Waals surface area contributed by atoms with Gasteiger partial charge in [-0.25, -0.2) is 4.39 Å².